The van der Waals surface area contributed by atoms with E-state index in [1.807, 2.05) is 0 Å². The van der Waals surface area contributed by atoms with Gasteiger partial charge in [-0.15, -0.1) is 0 Å². The van der Waals surface area contributed by atoms with Crippen molar-refractivity contribution in [2.75, 3.05) is 13.2 Å². The lowest BCUT2D eigenvalue weighted by atomic mass is 10.0. The van der Waals surface area contributed by atoms with Crippen LogP contribution in [0.1, 0.15) is 323 Å². The van der Waals surface area contributed by atoms with Gasteiger partial charge in [0.25, 0.3) is 0 Å². The van der Waals surface area contributed by atoms with Crippen molar-refractivity contribution in [1.82, 2.24) is 0 Å². The molecule has 0 aromatic carbocycles. The molecule has 6 nitrogen and oxygen atoms in total. The van der Waals surface area contributed by atoms with Crippen molar-refractivity contribution < 1.29 is 28.6 Å². The molecule has 0 saturated heterocycles. The molecule has 1 atom stereocenters. The van der Waals surface area contributed by atoms with Crippen molar-refractivity contribution in [2.24, 2.45) is 0 Å². The fourth-order valence-electron chi connectivity index (χ4n) is 9.39. The average Bonchev–Trinajstić information content (AvgIpc) is 3.44. The summed E-state index contributed by atoms with van der Waals surface area (Å²) >= 11 is 0. The lowest BCUT2D eigenvalue weighted by molar-refractivity contribution is -0.167. The van der Waals surface area contributed by atoms with Crippen LogP contribution >= 0.6 is 0 Å². The summed E-state index contributed by atoms with van der Waals surface area (Å²) in [7, 11) is 0. The molecule has 0 heterocycles. The van der Waals surface area contributed by atoms with E-state index in [9.17, 15) is 14.4 Å². The van der Waals surface area contributed by atoms with Crippen LogP contribution in [0, 0.1) is 0 Å². The van der Waals surface area contributed by atoms with Gasteiger partial charge >= 0.3 is 17.9 Å². The highest BCUT2D eigenvalue weighted by atomic mass is 16.6. The van der Waals surface area contributed by atoms with E-state index < -0.39 is 6.10 Å². The smallest absolute Gasteiger partial charge is 0.306 e. The van der Waals surface area contributed by atoms with Gasteiger partial charge in [-0.2, -0.15) is 0 Å². The van der Waals surface area contributed by atoms with Crippen molar-refractivity contribution in [1.29, 1.82) is 0 Å². The van der Waals surface area contributed by atoms with Crippen molar-refractivity contribution in [3.05, 3.63) is 97.2 Å². The molecular formula is C72H124O6. The zero-order valence-electron chi connectivity index (χ0n) is 51.4. The van der Waals surface area contributed by atoms with Gasteiger partial charge < -0.3 is 14.2 Å². The second-order valence-corrected chi connectivity index (χ2v) is 22.0. The van der Waals surface area contributed by atoms with Crippen molar-refractivity contribution in [3.63, 3.8) is 0 Å². The van der Waals surface area contributed by atoms with Crippen molar-refractivity contribution in [2.45, 2.75) is 329 Å². The molecule has 0 rings (SSSR count). The summed E-state index contributed by atoms with van der Waals surface area (Å²) in [5.74, 6) is -0.915. The van der Waals surface area contributed by atoms with Gasteiger partial charge in [0, 0.05) is 19.3 Å². The minimum atomic E-state index is -0.792. The van der Waals surface area contributed by atoms with Gasteiger partial charge in [-0.1, -0.05) is 285 Å². The van der Waals surface area contributed by atoms with Gasteiger partial charge in [-0.3, -0.25) is 14.4 Å². The van der Waals surface area contributed by atoms with E-state index >= 15 is 0 Å². The molecule has 0 aliphatic carbocycles. The maximum absolute atomic E-state index is 12.9. The Balaban J connectivity index is 4.13. The molecule has 0 aromatic heterocycles. The molecule has 0 aliphatic rings. The minimum Gasteiger partial charge on any atom is -0.462 e. The Bertz CT molecular complexity index is 1530. The summed E-state index contributed by atoms with van der Waals surface area (Å²) in [5.41, 5.74) is 0. The van der Waals surface area contributed by atoms with E-state index in [2.05, 4.69) is 118 Å². The Morgan fingerprint density at radius 1 is 0.269 bits per heavy atom. The number of carbonyl (C=O) groups is 3. The van der Waals surface area contributed by atoms with Gasteiger partial charge in [0.15, 0.2) is 6.10 Å². The highest BCUT2D eigenvalue weighted by Gasteiger charge is 2.19. The number of esters is 3. The fraction of sp³-hybridized carbons (Fsp3) is 0.736. The molecular weight excluding hydrogens is 961 g/mol. The van der Waals surface area contributed by atoms with E-state index in [4.69, 9.17) is 14.2 Å². The summed E-state index contributed by atoms with van der Waals surface area (Å²) < 4.78 is 16.9. The first-order valence-electron chi connectivity index (χ1n) is 33.2. The van der Waals surface area contributed by atoms with Crippen LogP contribution in [0.2, 0.25) is 0 Å². The van der Waals surface area contributed by atoms with Crippen LogP contribution in [0.25, 0.3) is 0 Å². The van der Waals surface area contributed by atoms with Gasteiger partial charge in [0.1, 0.15) is 13.2 Å². The highest BCUT2D eigenvalue weighted by Crippen LogP contribution is 2.17. The zero-order chi connectivity index (χ0) is 56.4. The standard InChI is InChI=1S/C72H124O6/c1-4-7-10-13-16-19-22-25-27-28-29-30-31-32-33-34-35-36-37-38-39-40-41-42-43-44-45-48-50-53-56-59-62-65-71(74)77-68-69(67-76-70(73)64-61-58-55-52-49-46-24-21-18-15-12-9-6-3)78-72(75)66-63-60-57-54-51-47-26-23-20-17-14-11-8-5-2/h7,9-10,12,16,18-19,21,23,25-27,29-30,46,49,69H,4-6,8,11,13-15,17,20,22,24,28,31-45,47-48,50-68H2,1-3H3/b10-7-,12-9-,19-16-,21-18-,26-23-,27-25-,30-29-,49-46-. The zero-order valence-corrected chi connectivity index (χ0v) is 51.4. The topological polar surface area (TPSA) is 78.9 Å². The van der Waals surface area contributed by atoms with E-state index in [-0.39, 0.29) is 31.1 Å². The Morgan fingerprint density at radius 2 is 0.500 bits per heavy atom. The minimum absolute atomic E-state index is 0.0869. The number of unbranched alkanes of at least 4 members (excludes halogenated alkanes) is 33. The number of hydrogen-bond donors (Lipinski definition) is 0. The predicted octanol–water partition coefficient (Wildman–Crippen LogP) is 22.8. The SMILES string of the molecule is CC/C=C\C/C=C\C/C=C\C/C=C\CCCCCCCCCCCCCCCCCCCCCCC(=O)OCC(COC(=O)CCCCC/C=C\C/C=C\C/C=C\CC)OC(=O)CCCCCCC/C=C\CCCCCCC. The number of ether oxygens (including phenoxy) is 3. The summed E-state index contributed by atoms with van der Waals surface area (Å²) in [6.07, 6.45) is 88.7. The van der Waals surface area contributed by atoms with Crippen LogP contribution in [0.5, 0.6) is 0 Å². The maximum atomic E-state index is 12.9. The van der Waals surface area contributed by atoms with Crippen LogP contribution in [-0.2, 0) is 28.6 Å². The normalized spacial score (nSPS) is 12.7. The van der Waals surface area contributed by atoms with Crippen LogP contribution in [0.4, 0.5) is 0 Å². The predicted molar refractivity (Wildman–Crippen MR) is 339 cm³/mol. The Morgan fingerprint density at radius 3 is 0.808 bits per heavy atom. The third-order valence-electron chi connectivity index (χ3n) is 14.3. The molecule has 0 amide bonds. The summed E-state index contributed by atoms with van der Waals surface area (Å²) in [4.78, 5) is 38.2. The Hall–Kier alpha value is -3.67. The molecule has 0 saturated carbocycles. The number of carbonyl (C=O) groups excluding carboxylic acids is 3. The van der Waals surface area contributed by atoms with Crippen LogP contribution < -0.4 is 0 Å². The lowest BCUT2D eigenvalue weighted by Gasteiger charge is -2.18. The quantitative estimate of drug-likeness (QED) is 0.0261. The van der Waals surface area contributed by atoms with E-state index in [0.29, 0.717) is 19.3 Å². The number of allylic oxidation sites excluding steroid dienone is 16. The summed E-state index contributed by atoms with van der Waals surface area (Å²) in [6.45, 7) is 6.40. The molecule has 0 aromatic rings. The average molecular weight is 1090 g/mol. The van der Waals surface area contributed by atoms with Crippen molar-refractivity contribution in [3.8, 4) is 0 Å². The Kier molecular flexibility index (Phi) is 62.7. The van der Waals surface area contributed by atoms with E-state index in [0.717, 1.165) is 122 Å². The number of hydrogen-bond acceptors (Lipinski definition) is 6. The number of rotatable bonds is 60. The molecule has 6 heteroatoms. The second-order valence-electron chi connectivity index (χ2n) is 22.0. The van der Waals surface area contributed by atoms with Gasteiger partial charge in [0.2, 0.25) is 0 Å². The monoisotopic (exact) mass is 1080 g/mol. The molecule has 0 bridgehead atoms. The van der Waals surface area contributed by atoms with Crippen LogP contribution in [0.15, 0.2) is 97.2 Å². The van der Waals surface area contributed by atoms with Crippen LogP contribution in [-0.4, -0.2) is 37.2 Å². The highest BCUT2D eigenvalue weighted by molar-refractivity contribution is 5.71. The fourth-order valence-corrected chi connectivity index (χ4v) is 9.39. The molecule has 0 spiro atoms. The van der Waals surface area contributed by atoms with Gasteiger partial charge in [-0.25, -0.2) is 0 Å². The first-order valence-corrected chi connectivity index (χ1v) is 33.2. The molecule has 1 unspecified atom stereocenters. The molecule has 448 valence electrons. The van der Waals surface area contributed by atoms with Gasteiger partial charge in [0.05, 0.1) is 0 Å². The summed E-state index contributed by atoms with van der Waals surface area (Å²) in [5, 5.41) is 0. The lowest BCUT2D eigenvalue weighted by Crippen LogP contribution is -2.30. The van der Waals surface area contributed by atoms with Crippen LogP contribution in [0.3, 0.4) is 0 Å². The third kappa shape index (κ3) is 63.2. The first kappa shape index (κ1) is 74.3. The van der Waals surface area contributed by atoms with Crippen molar-refractivity contribution >= 4 is 17.9 Å². The first-order chi connectivity index (χ1) is 38.5. The Labute approximate surface area is 483 Å². The molecule has 0 N–H and O–H groups in total. The summed E-state index contributed by atoms with van der Waals surface area (Å²) in [6, 6.07) is 0. The third-order valence-corrected chi connectivity index (χ3v) is 14.3. The molecule has 0 aliphatic heterocycles. The second kappa shape index (κ2) is 65.8. The van der Waals surface area contributed by atoms with E-state index in [1.54, 1.807) is 0 Å². The molecule has 0 fully saturated rings. The van der Waals surface area contributed by atoms with Gasteiger partial charge in [-0.05, 0) is 116 Å². The maximum Gasteiger partial charge on any atom is 0.306 e. The largest absolute Gasteiger partial charge is 0.462 e. The molecule has 78 heavy (non-hydrogen) atoms. The van der Waals surface area contributed by atoms with E-state index in [1.165, 1.54) is 161 Å². The molecule has 0 radical (unpaired) electrons.